The van der Waals surface area contributed by atoms with E-state index in [1.165, 1.54) is 12.1 Å². The summed E-state index contributed by atoms with van der Waals surface area (Å²) in [5.74, 6) is -0.612. The molecule has 1 saturated heterocycles. The number of hydrogen-bond donors (Lipinski definition) is 5. The number of halogens is 3. The summed E-state index contributed by atoms with van der Waals surface area (Å²) in [5, 5.41) is 26.1. The number of rotatable bonds is 9. The molecule has 0 aromatic heterocycles. The third-order valence-corrected chi connectivity index (χ3v) is 5.50. The Kier molecular flexibility index (Phi) is 7.79. The minimum absolute atomic E-state index is 0.00264. The summed E-state index contributed by atoms with van der Waals surface area (Å²) in [4.78, 5) is 0. The van der Waals surface area contributed by atoms with Gasteiger partial charge >= 0.3 is 6.18 Å². The van der Waals surface area contributed by atoms with Gasteiger partial charge in [-0.3, -0.25) is 11.1 Å². The minimum atomic E-state index is -4.44. The lowest BCUT2D eigenvalue weighted by Crippen LogP contribution is -2.52. The Labute approximate surface area is 185 Å². The van der Waals surface area contributed by atoms with E-state index in [1.54, 1.807) is 0 Å². The highest BCUT2D eigenvalue weighted by atomic mass is 19.4. The van der Waals surface area contributed by atoms with Crippen LogP contribution in [0.25, 0.3) is 0 Å². The van der Waals surface area contributed by atoms with Gasteiger partial charge in [0.2, 0.25) is 0 Å². The van der Waals surface area contributed by atoms with Crippen LogP contribution in [-0.4, -0.2) is 41.3 Å². The summed E-state index contributed by atoms with van der Waals surface area (Å²) in [6.45, 7) is 2.50. The molecular weight excluding hydrogens is 423 g/mol. The Morgan fingerprint density at radius 2 is 1.97 bits per heavy atom. The first-order valence-corrected chi connectivity index (χ1v) is 10.6. The van der Waals surface area contributed by atoms with Gasteiger partial charge in [0.25, 0.3) is 0 Å². The van der Waals surface area contributed by atoms with Crippen molar-refractivity contribution in [3.8, 4) is 5.75 Å². The lowest BCUT2D eigenvalue weighted by molar-refractivity contribution is -0.137. The lowest BCUT2D eigenvalue weighted by atomic mass is 10.0. The van der Waals surface area contributed by atoms with Gasteiger partial charge in [-0.05, 0) is 55.2 Å². The van der Waals surface area contributed by atoms with E-state index in [9.17, 15) is 23.4 Å². The second-order valence-corrected chi connectivity index (χ2v) is 8.41. The Hall–Kier alpha value is -2.17. The molecule has 9 heteroatoms. The van der Waals surface area contributed by atoms with Crippen molar-refractivity contribution in [2.24, 2.45) is 5.73 Å². The van der Waals surface area contributed by atoms with Crippen molar-refractivity contribution in [2.75, 3.05) is 13.2 Å². The van der Waals surface area contributed by atoms with Crippen LogP contribution in [0.15, 0.2) is 48.5 Å². The lowest BCUT2D eigenvalue weighted by Gasteiger charge is -2.19. The molecule has 6 nitrogen and oxygen atoms in total. The van der Waals surface area contributed by atoms with Gasteiger partial charge in [0, 0.05) is 25.0 Å². The Morgan fingerprint density at radius 3 is 2.59 bits per heavy atom. The van der Waals surface area contributed by atoms with Crippen LogP contribution in [0.3, 0.4) is 0 Å². The van der Waals surface area contributed by atoms with Crippen LogP contribution in [0, 0.1) is 0 Å². The molecule has 4 atom stereocenters. The maximum Gasteiger partial charge on any atom is 0.416 e. The van der Waals surface area contributed by atoms with E-state index in [1.807, 2.05) is 31.2 Å². The number of ether oxygens (including phenoxy) is 1. The van der Waals surface area contributed by atoms with Crippen LogP contribution in [-0.2, 0) is 12.6 Å². The fourth-order valence-corrected chi connectivity index (χ4v) is 3.71. The largest absolute Gasteiger partial charge is 0.492 e. The topological polar surface area (TPSA) is 99.8 Å². The molecule has 4 unspecified atom stereocenters. The first-order chi connectivity index (χ1) is 15.0. The summed E-state index contributed by atoms with van der Waals surface area (Å²) < 4.78 is 44.3. The Balaban J connectivity index is 1.43. The van der Waals surface area contributed by atoms with Crippen molar-refractivity contribution in [3.05, 3.63) is 65.2 Å². The van der Waals surface area contributed by atoms with Crippen LogP contribution >= 0.6 is 0 Å². The predicted molar refractivity (Wildman–Crippen MR) is 115 cm³/mol. The summed E-state index contributed by atoms with van der Waals surface area (Å²) in [5.41, 5.74) is 6.14. The molecule has 3 rings (SSSR count). The molecule has 176 valence electrons. The van der Waals surface area contributed by atoms with E-state index in [0.717, 1.165) is 24.1 Å². The molecule has 1 aliphatic heterocycles. The average molecular weight is 454 g/mol. The zero-order valence-electron chi connectivity index (χ0n) is 17.9. The van der Waals surface area contributed by atoms with Gasteiger partial charge in [-0.15, -0.1) is 0 Å². The third kappa shape index (κ3) is 7.18. The van der Waals surface area contributed by atoms with Crippen LogP contribution < -0.4 is 21.1 Å². The predicted octanol–water partition coefficient (Wildman–Crippen LogP) is 2.70. The molecule has 32 heavy (non-hydrogen) atoms. The Morgan fingerprint density at radius 1 is 1.25 bits per heavy atom. The zero-order chi connectivity index (χ0) is 23.4. The van der Waals surface area contributed by atoms with Gasteiger partial charge < -0.3 is 20.3 Å². The second kappa shape index (κ2) is 10.2. The molecule has 6 N–H and O–H groups in total. The highest BCUT2D eigenvalue weighted by molar-refractivity contribution is 5.28. The first-order valence-electron chi connectivity index (χ1n) is 10.6. The summed E-state index contributed by atoms with van der Waals surface area (Å²) >= 11 is 0. The van der Waals surface area contributed by atoms with E-state index in [0.29, 0.717) is 25.2 Å². The summed E-state index contributed by atoms with van der Waals surface area (Å²) in [7, 11) is 0. The number of nitrogens with one attached hydrogen (secondary N) is 2. The highest BCUT2D eigenvalue weighted by Crippen LogP contribution is 2.30. The molecule has 2 aromatic rings. The van der Waals surface area contributed by atoms with Crippen LogP contribution in [0.5, 0.6) is 5.75 Å². The number of alkyl halides is 3. The third-order valence-electron chi connectivity index (χ3n) is 5.50. The van der Waals surface area contributed by atoms with E-state index < -0.39 is 23.7 Å². The molecule has 1 aliphatic rings. The van der Waals surface area contributed by atoms with Gasteiger partial charge in [0.1, 0.15) is 12.4 Å². The van der Waals surface area contributed by atoms with Crippen molar-refractivity contribution in [3.63, 3.8) is 0 Å². The number of hydrogen-bond acceptors (Lipinski definition) is 6. The maximum atomic E-state index is 12.8. The Bertz CT molecular complexity index is 875. The van der Waals surface area contributed by atoms with Crippen LogP contribution in [0.2, 0.25) is 0 Å². The SMILES string of the molecule is CC(Cc1ccc(OCC2CCC(N)(O)N2)cc1)NCC(O)c1cccc(C(F)(F)F)c1. The van der Waals surface area contributed by atoms with Crippen molar-refractivity contribution in [2.45, 2.75) is 56.4 Å². The van der Waals surface area contributed by atoms with Gasteiger partial charge in [-0.1, -0.05) is 24.3 Å². The van der Waals surface area contributed by atoms with E-state index >= 15 is 0 Å². The second-order valence-electron chi connectivity index (χ2n) is 8.41. The minimum Gasteiger partial charge on any atom is -0.492 e. The fraction of sp³-hybridized carbons (Fsp3) is 0.478. The van der Waals surface area contributed by atoms with Crippen molar-refractivity contribution < 1.29 is 28.1 Å². The van der Waals surface area contributed by atoms with Crippen LogP contribution in [0.4, 0.5) is 13.2 Å². The molecule has 2 aromatic carbocycles. The number of nitrogens with two attached hydrogens (primary N) is 1. The molecule has 1 heterocycles. The molecule has 1 fully saturated rings. The van der Waals surface area contributed by atoms with Gasteiger partial charge in [-0.25, -0.2) is 0 Å². The van der Waals surface area contributed by atoms with Gasteiger partial charge in [-0.2, -0.15) is 13.2 Å². The summed E-state index contributed by atoms with van der Waals surface area (Å²) in [6, 6.07) is 12.4. The molecule has 0 radical (unpaired) electrons. The normalized spacial score (nSPS) is 23.2. The molecule has 0 bridgehead atoms. The zero-order valence-corrected chi connectivity index (χ0v) is 17.9. The van der Waals surface area contributed by atoms with E-state index in [2.05, 4.69) is 10.6 Å². The van der Waals surface area contributed by atoms with E-state index in [4.69, 9.17) is 10.5 Å². The van der Waals surface area contributed by atoms with Crippen molar-refractivity contribution >= 4 is 0 Å². The van der Waals surface area contributed by atoms with Crippen molar-refractivity contribution in [1.29, 1.82) is 0 Å². The van der Waals surface area contributed by atoms with Crippen molar-refractivity contribution in [1.82, 2.24) is 10.6 Å². The molecule has 0 saturated carbocycles. The average Bonchev–Trinajstić information content (AvgIpc) is 3.09. The molecule has 0 aliphatic carbocycles. The van der Waals surface area contributed by atoms with Crippen LogP contribution in [0.1, 0.15) is 42.6 Å². The molecule has 0 amide bonds. The van der Waals surface area contributed by atoms with Gasteiger partial charge in [0.05, 0.1) is 11.7 Å². The smallest absolute Gasteiger partial charge is 0.416 e. The standard InChI is InChI=1S/C23H30F3N3O3/c1-15(28-13-21(30)17-3-2-4-18(12-17)23(24,25)26)11-16-5-7-20(8-6-16)32-14-19-9-10-22(27,31)29-19/h2-8,12,15,19,21,28-31H,9-11,13-14,27H2,1H3. The fourth-order valence-electron chi connectivity index (χ4n) is 3.71. The van der Waals surface area contributed by atoms with Gasteiger partial charge in [0.15, 0.2) is 5.85 Å². The number of aliphatic hydroxyl groups excluding tert-OH is 1. The molecule has 0 spiro atoms. The number of benzene rings is 2. The monoisotopic (exact) mass is 453 g/mol. The maximum absolute atomic E-state index is 12.8. The number of aliphatic hydroxyl groups is 2. The molecular formula is C23H30F3N3O3. The first kappa shape index (κ1) is 24.5. The quantitative estimate of drug-likeness (QED) is 0.375. The highest BCUT2D eigenvalue weighted by Gasteiger charge is 2.33. The van der Waals surface area contributed by atoms with E-state index in [-0.39, 0.29) is 24.2 Å². The summed E-state index contributed by atoms with van der Waals surface area (Å²) in [6.07, 6.45) is -3.58.